The molecule has 2 aromatic carbocycles. The van der Waals surface area contributed by atoms with E-state index in [1.165, 1.54) is 0 Å². The first-order valence-electron chi connectivity index (χ1n) is 7.52. The van der Waals surface area contributed by atoms with Gasteiger partial charge >= 0.3 is 0 Å². The standard InChI is InChI=1S/C18H16ClN3O2/c1-11-3-2-4-13(9-11)17(24)22-18-20-15(10-16(23)21-18)12-5-7-14(19)8-6-12/h2-9,15H,10H2,1H3,(H2,20,21,22,23,24). The number of hydrogen-bond acceptors (Lipinski definition) is 3. The van der Waals surface area contributed by atoms with Crippen molar-refractivity contribution in [1.29, 1.82) is 0 Å². The zero-order valence-corrected chi connectivity index (χ0v) is 13.8. The molecule has 2 N–H and O–H groups in total. The predicted molar refractivity (Wildman–Crippen MR) is 93.0 cm³/mol. The quantitative estimate of drug-likeness (QED) is 0.881. The summed E-state index contributed by atoms with van der Waals surface area (Å²) < 4.78 is 0. The summed E-state index contributed by atoms with van der Waals surface area (Å²) in [6.07, 6.45) is 0.228. The van der Waals surface area contributed by atoms with Gasteiger partial charge in [-0.25, -0.2) is 4.99 Å². The fourth-order valence-electron chi connectivity index (χ4n) is 2.50. The molecule has 3 rings (SSSR count). The van der Waals surface area contributed by atoms with E-state index in [-0.39, 0.29) is 30.2 Å². The topological polar surface area (TPSA) is 70.6 Å². The Morgan fingerprint density at radius 2 is 2.00 bits per heavy atom. The highest BCUT2D eigenvalue weighted by molar-refractivity contribution is 6.30. The highest BCUT2D eigenvalue weighted by Crippen LogP contribution is 2.24. The lowest BCUT2D eigenvalue weighted by Crippen LogP contribution is -2.47. The number of guanidine groups is 1. The van der Waals surface area contributed by atoms with E-state index in [1.807, 2.05) is 31.2 Å². The summed E-state index contributed by atoms with van der Waals surface area (Å²) in [5.41, 5.74) is 2.37. The number of amides is 2. The predicted octanol–water partition coefficient (Wildman–Crippen LogP) is 3.00. The summed E-state index contributed by atoms with van der Waals surface area (Å²) in [6, 6.07) is 14.0. The van der Waals surface area contributed by atoms with Gasteiger partial charge in [-0.3, -0.25) is 20.2 Å². The Morgan fingerprint density at radius 3 is 2.71 bits per heavy atom. The number of carbonyl (C=O) groups excluding carboxylic acids is 2. The number of aliphatic imine (C=N–C) groups is 1. The molecule has 1 atom stereocenters. The van der Waals surface area contributed by atoms with E-state index < -0.39 is 0 Å². The number of halogens is 1. The first kappa shape index (κ1) is 16.2. The van der Waals surface area contributed by atoms with Crippen molar-refractivity contribution in [3.8, 4) is 0 Å². The van der Waals surface area contributed by atoms with Crippen LogP contribution in [0.1, 0.15) is 33.9 Å². The highest BCUT2D eigenvalue weighted by Gasteiger charge is 2.23. The molecule has 24 heavy (non-hydrogen) atoms. The van der Waals surface area contributed by atoms with Gasteiger partial charge in [-0.05, 0) is 36.8 Å². The summed E-state index contributed by atoms with van der Waals surface area (Å²) in [7, 11) is 0. The smallest absolute Gasteiger partial charge is 0.257 e. The van der Waals surface area contributed by atoms with Gasteiger partial charge in [0.05, 0.1) is 12.5 Å². The lowest BCUT2D eigenvalue weighted by molar-refractivity contribution is -0.120. The largest absolute Gasteiger partial charge is 0.296 e. The van der Waals surface area contributed by atoms with Crippen LogP contribution in [0.2, 0.25) is 5.02 Å². The number of nitrogens with zero attached hydrogens (tertiary/aromatic N) is 1. The van der Waals surface area contributed by atoms with E-state index in [0.717, 1.165) is 11.1 Å². The molecule has 6 heteroatoms. The van der Waals surface area contributed by atoms with E-state index in [2.05, 4.69) is 15.6 Å². The molecule has 122 valence electrons. The third-order valence-electron chi connectivity index (χ3n) is 3.69. The molecule has 0 saturated carbocycles. The summed E-state index contributed by atoms with van der Waals surface area (Å²) in [5.74, 6) is -0.336. The average Bonchev–Trinajstić information content (AvgIpc) is 2.55. The molecule has 1 unspecified atom stereocenters. The van der Waals surface area contributed by atoms with Gasteiger partial charge in [0.25, 0.3) is 5.91 Å². The van der Waals surface area contributed by atoms with Gasteiger partial charge in [0, 0.05) is 10.6 Å². The zero-order chi connectivity index (χ0) is 17.1. The first-order chi connectivity index (χ1) is 11.5. The van der Waals surface area contributed by atoms with Crippen LogP contribution < -0.4 is 10.6 Å². The van der Waals surface area contributed by atoms with Crippen molar-refractivity contribution in [3.63, 3.8) is 0 Å². The van der Waals surface area contributed by atoms with E-state index in [9.17, 15) is 9.59 Å². The molecule has 0 aliphatic carbocycles. The maximum absolute atomic E-state index is 12.3. The Kier molecular flexibility index (Phi) is 4.62. The maximum atomic E-state index is 12.3. The molecule has 0 aromatic heterocycles. The second-order valence-corrected chi connectivity index (χ2v) is 6.06. The highest BCUT2D eigenvalue weighted by atomic mass is 35.5. The molecule has 1 aliphatic heterocycles. The van der Waals surface area contributed by atoms with Crippen LogP contribution in [-0.4, -0.2) is 17.8 Å². The fourth-order valence-corrected chi connectivity index (χ4v) is 2.63. The minimum absolute atomic E-state index is 0.165. The average molecular weight is 342 g/mol. The van der Waals surface area contributed by atoms with Crippen LogP contribution in [0.5, 0.6) is 0 Å². The third kappa shape index (κ3) is 3.81. The number of carbonyl (C=O) groups is 2. The van der Waals surface area contributed by atoms with Crippen LogP contribution in [0.25, 0.3) is 0 Å². The van der Waals surface area contributed by atoms with Crippen LogP contribution in [0, 0.1) is 6.92 Å². The second kappa shape index (κ2) is 6.84. The number of hydrogen-bond donors (Lipinski definition) is 2. The van der Waals surface area contributed by atoms with E-state index in [4.69, 9.17) is 11.6 Å². The van der Waals surface area contributed by atoms with Crippen LogP contribution in [0.15, 0.2) is 53.5 Å². The van der Waals surface area contributed by atoms with Crippen LogP contribution in [-0.2, 0) is 4.79 Å². The molecular formula is C18H16ClN3O2. The molecule has 5 nitrogen and oxygen atoms in total. The Morgan fingerprint density at radius 1 is 1.25 bits per heavy atom. The minimum atomic E-state index is -0.344. The number of aryl methyl sites for hydroxylation is 1. The van der Waals surface area contributed by atoms with Gasteiger partial charge in [-0.1, -0.05) is 41.4 Å². The van der Waals surface area contributed by atoms with Crippen molar-refractivity contribution in [2.75, 3.05) is 0 Å². The Labute approximate surface area is 144 Å². The lowest BCUT2D eigenvalue weighted by Gasteiger charge is -2.21. The SMILES string of the molecule is Cc1cccc(C(=O)NC2=NC(c3ccc(Cl)cc3)CC(=O)N2)c1. The molecule has 1 aliphatic rings. The van der Waals surface area contributed by atoms with Crippen molar-refractivity contribution in [2.24, 2.45) is 4.99 Å². The Hall–Kier alpha value is -2.66. The number of rotatable bonds is 2. The molecule has 2 aromatic rings. The number of nitrogens with one attached hydrogen (secondary N) is 2. The van der Waals surface area contributed by atoms with Crippen LogP contribution >= 0.6 is 11.6 Å². The van der Waals surface area contributed by atoms with Gasteiger partial charge in [-0.2, -0.15) is 0 Å². The molecule has 0 radical (unpaired) electrons. The van der Waals surface area contributed by atoms with Gasteiger partial charge in [0.1, 0.15) is 0 Å². The molecule has 2 amide bonds. The van der Waals surface area contributed by atoms with Gasteiger partial charge in [-0.15, -0.1) is 0 Å². The maximum Gasteiger partial charge on any atom is 0.257 e. The number of benzene rings is 2. The van der Waals surface area contributed by atoms with Gasteiger partial charge in [0.15, 0.2) is 0 Å². The first-order valence-corrected chi connectivity index (χ1v) is 7.90. The molecule has 0 bridgehead atoms. The normalized spacial score (nSPS) is 17.0. The summed E-state index contributed by atoms with van der Waals surface area (Å²) in [5, 5.41) is 5.87. The third-order valence-corrected chi connectivity index (χ3v) is 3.94. The minimum Gasteiger partial charge on any atom is -0.296 e. The monoisotopic (exact) mass is 341 g/mol. The van der Waals surface area contributed by atoms with Crippen molar-refractivity contribution in [1.82, 2.24) is 10.6 Å². The fraction of sp³-hybridized carbons (Fsp3) is 0.167. The van der Waals surface area contributed by atoms with Crippen LogP contribution in [0.3, 0.4) is 0 Å². The Bertz CT molecular complexity index is 815. The van der Waals surface area contributed by atoms with E-state index in [1.54, 1.807) is 24.3 Å². The summed E-state index contributed by atoms with van der Waals surface area (Å²) in [6.45, 7) is 1.91. The van der Waals surface area contributed by atoms with E-state index in [0.29, 0.717) is 10.6 Å². The van der Waals surface area contributed by atoms with Crippen molar-refractivity contribution in [3.05, 3.63) is 70.2 Å². The van der Waals surface area contributed by atoms with E-state index >= 15 is 0 Å². The molecule has 1 heterocycles. The van der Waals surface area contributed by atoms with Crippen molar-refractivity contribution < 1.29 is 9.59 Å². The van der Waals surface area contributed by atoms with Gasteiger partial charge in [0.2, 0.25) is 11.9 Å². The molecular weight excluding hydrogens is 326 g/mol. The molecule has 0 fully saturated rings. The van der Waals surface area contributed by atoms with Crippen molar-refractivity contribution >= 4 is 29.4 Å². The zero-order valence-electron chi connectivity index (χ0n) is 13.0. The summed E-state index contributed by atoms with van der Waals surface area (Å²) >= 11 is 5.89. The summed E-state index contributed by atoms with van der Waals surface area (Å²) in [4.78, 5) is 28.7. The lowest BCUT2D eigenvalue weighted by atomic mass is 10.0. The van der Waals surface area contributed by atoms with Crippen molar-refractivity contribution in [2.45, 2.75) is 19.4 Å². The second-order valence-electron chi connectivity index (χ2n) is 5.62. The van der Waals surface area contributed by atoms with Gasteiger partial charge < -0.3 is 0 Å². The molecule has 0 saturated heterocycles. The Balaban J connectivity index is 1.80. The van der Waals surface area contributed by atoms with Crippen LogP contribution in [0.4, 0.5) is 0 Å². The molecule has 0 spiro atoms.